The van der Waals surface area contributed by atoms with Gasteiger partial charge in [-0.2, -0.15) is 0 Å². The molecule has 4 rings (SSSR count). The summed E-state index contributed by atoms with van der Waals surface area (Å²) in [5.41, 5.74) is 3.74. The quantitative estimate of drug-likeness (QED) is 0.654. The summed E-state index contributed by atoms with van der Waals surface area (Å²) in [5, 5.41) is 2.39. The van der Waals surface area contributed by atoms with Gasteiger partial charge in [0.2, 0.25) is 0 Å². The van der Waals surface area contributed by atoms with Gasteiger partial charge in [0.1, 0.15) is 5.75 Å². The molecule has 0 atom stereocenters. The Bertz CT molecular complexity index is 813. The lowest BCUT2D eigenvalue weighted by Crippen LogP contribution is -1.99. The van der Waals surface area contributed by atoms with Gasteiger partial charge in [-0.25, -0.2) is 0 Å². The number of thioether (sulfide) groups is 1. The number of pyridine rings is 1. The molecule has 20 heavy (non-hydrogen) atoms. The fraction of sp³-hybridized carbons (Fsp3) is 0.118. The number of aromatic nitrogens is 1. The summed E-state index contributed by atoms with van der Waals surface area (Å²) in [4.78, 5) is 5.97. The topological polar surface area (TPSA) is 22.1 Å². The molecule has 0 spiro atoms. The van der Waals surface area contributed by atoms with Crippen molar-refractivity contribution >= 4 is 22.5 Å². The van der Waals surface area contributed by atoms with Crippen LogP contribution in [0.4, 0.5) is 0 Å². The van der Waals surface area contributed by atoms with E-state index in [1.807, 2.05) is 30.1 Å². The molecule has 0 saturated carbocycles. The number of methoxy groups -OCH3 is 1. The number of nitrogens with zero attached hydrogens (tertiary/aromatic N) is 1. The van der Waals surface area contributed by atoms with Crippen LogP contribution in [0.2, 0.25) is 0 Å². The Labute approximate surface area is 121 Å². The molecule has 0 amide bonds. The highest BCUT2D eigenvalue weighted by molar-refractivity contribution is 7.99. The van der Waals surface area contributed by atoms with Crippen molar-refractivity contribution in [2.45, 2.75) is 10.6 Å². The fourth-order valence-corrected chi connectivity index (χ4v) is 3.86. The summed E-state index contributed by atoms with van der Waals surface area (Å²) < 4.78 is 5.29. The highest BCUT2D eigenvalue weighted by atomic mass is 32.2. The molecule has 98 valence electrons. The molecule has 0 unspecified atom stereocenters. The number of fused-ring (bicyclic) bond motifs is 5. The summed E-state index contributed by atoms with van der Waals surface area (Å²) in [5.74, 6) is 1.89. The van der Waals surface area contributed by atoms with Crippen LogP contribution >= 0.6 is 11.8 Å². The van der Waals surface area contributed by atoms with Crippen LogP contribution in [0.5, 0.6) is 5.75 Å². The number of hydrogen-bond donors (Lipinski definition) is 0. The molecule has 0 bridgehead atoms. The smallest absolute Gasteiger partial charge is 0.119 e. The Morgan fingerprint density at radius 3 is 2.95 bits per heavy atom. The number of benzene rings is 2. The Hall–Kier alpha value is -2.00. The van der Waals surface area contributed by atoms with Crippen LogP contribution in [0.1, 0.15) is 5.56 Å². The maximum absolute atomic E-state index is 5.29. The second-order valence-electron chi connectivity index (χ2n) is 4.83. The van der Waals surface area contributed by atoms with Crippen molar-refractivity contribution in [3.63, 3.8) is 0 Å². The third-order valence-electron chi connectivity index (χ3n) is 3.70. The molecule has 0 aliphatic carbocycles. The van der Waals surface area contributed by atoms with Gasteiger partial charge in [-0.05, 0) is 29.1 Å². The summed E-state index contributed by atoms with van der Waals surface area (Å²) in [6.45, 7) is 0. The van der Waals surface area contributed by atoms with E-state index in [0.717, 1.165) is 22.6 Å². The van der Waals surface area contributed by atoms with Crippen molar-refractivity contribution in [3.05, 3.63) is 54.2 Å². The van der Waals surface area contributed by atoms with Gasteiger partial charge in [0.05, 0.1) is 12.8 Å². The highest BCUT2D eigenvalue weighted by Gasteiger charge is 2.19. The van der Waals surface area contributed by atoms with Crippen LogP contribution in [0.15, 0.2) is 53.6 Å². The SMILES string of the molecule is COc1ccc2c3c(ncc2c1)-c1ccccc1CS3. The van der Waals surface area contributed by atoms with E-state index in [0.29, 0.717) is 0 Å². The fourth-order valence-electron chi connectivity index (χ4n) is 2.67. The summed E-state index contributed by atoms with van der Waals surface area (Å²) in [7, 11) is 1.69. The molecule has 2 heterocycles. The molecule has 0 radical (unpaired) electrons. The molecule has 0 N–H and O–H groups in total. The molecule has 1 aliphatic rings. The zero-order valence-electron chi connectivity index (χ0n) is 11.1. The molecule has 0 saturated heterocycles. The third kappa shape index (κ3) is 1.70. The average molecular weight is 279 g/mol. The van der Waals surface area contributed by atoms with Crippen molar-refractivity contribution in [1.29, 1.82) is 0 Å². The van der Waals surface area contributed by atoms with Crippen molar-refractivity contribution < 1.29 is 4.74 Å². The van der Waals surface area contributed by atoms with E-state index in [-0.39, 0.29) is 0 Å². The average Bonchev–Trinajstić information content (AvgIpc) is 2.53. The van der Waals surface area contributed by atoms with Gasteiger partial charge in [0.25, 0.3) is 0 Å². The standard InChI is InChI=1S/C17H13NOS/c1-19-13-6-7-15-12(8-13)9-18-16-14-5-3-2-4-11(14)10-20-17(15)16/h2-9H,10H2,1H3. The lowest BCUT2D eigenvalue weighted by molar-refractivity contribution is 0.415. The van der Waals surface area contributed by atoms with Gasteiger partial charge in [-0.1, -0.05) is 24.3 Å². The molecule has 3 heteroatoms. The maximum Gasteiger partial charge on any atom is 0.119 e. The third-order valence-corrected chi connectivity index (χ3v) is 4.85. The van der Waals surface area contributed by atoms with Crippen LogP contribution in [0.25, 0.3) is 22.0 Å². The second-order valence-corrected chi connectivity index (χ2v) is 5.82. The molecule has 1 aromatic heterocycles. The first-order valence-electron chi connectivity index (χ1n) is 6.54. The Morgan fingerprint density at radius 1 is 1.15 bits per heavy atom. The molecule has 0 fully saturated rings. The zero-order chi connectivity index (χ0) is 13.5. The van der Waals surface area contributed by atoms with Gasteiger partial charge in [-0.3, -0.25) is 4.98 Å². The largest absolute Gasteiger partial charge is 0.497 e. The Morgan fingerprint density at radius 2 is 2.05 bits per heavy atom. The molecule has 1 aliphatic heterocycles. The van der Waals surface area contributed by atoms with Gasteiger partial charge in [0, 0.05) is 27.8 Å². The van der Waals surface area contributed by atoms with E-state index in [1.165, 1.54) is 21.4 Å². The van der Waals surface area contributed by atoms with Gasteiger partial charge in [0.15, 0.2) is 0 Å². The van der Waals surface area contributed by atoms with Crippen LogP contribution in [0, 0.1) is 0 Å². The molecular formula is C17H13NOS. The zero-order valence-corrected chi connectivity index (χ0v) is 11.9. The first-order valence-corrected chi connectivity index (χ1v) is 7.53. The highest BCUT2D eigenvalue weighted by Crippen LogP contribution is 2.43. The molecule has 2 aromatic carbocycles. The normalized spacial score (nSPS) is 12.8. The van der Waals surface area contributed by atoms with E-state index in [2.05, 4.69) is 35.3 Å². The van der Waals surface area contributed by atoms with Crippen LogP contribution in [-0.2, 0) is 5.75 Å². The van der Waals surface area contributed by atoms with E-state index in [1.54, 1.807) is 7.11 Å². The van der Waals surface area contributed by atoms with Crippen LogP contribution in [-0.4, -0.2) is 12.1 Å². The molecular weight excluding hydrogens is 266 g/mol. The lowest BCUT2D eigenvalue weighted by atomic mass is 10.0. The van der Waals surface area contributed by atoms with Crippen molar-refractivity contribution in [2.75, 3.05) is 7.11 Å². The first-order chi connectivity index (χ1) is 9.86. The summed E-state index contributed by atoms with van der Waals surface area (Å²) in [6, 6.07) is 14.7. The van der Waals surface area contributed by atoms with Crippen LogP contribution in [0.3, 0.4) is 0 Å². The molecule has 2 nitrogen and oxygen atoms in total. The Kier molecular flexibility index (Phi) is 2.67. The predicted molar refractivity (Wildman–Crippen MR) is 83.3 cm³/mol. The first kappa shape index (κ1) is 11.8. The summed E-state index contributed by atoms with van der Waals surface area (Å²) in [6.07, 6.45) is 1.94. The number of ether oxygens (including phenoxy) is 1. The van der Waals surface area contributed by atoms with Crippen LogP contribution < -0.4 is 4.74 Å². The number of hydrogen-bond acceptors (Lipinski definition) is 3. The van der Waals surface area contributed by atoms with E-state index < -0.39 is 0 Å². The van der Waals surface area contributed by atoms with Gasteiger partial charge >= 0.3 is 0 Å². The van der Waals surface area contributed by atoms with E-state index in [4.69, 9.17) is 4.74 Å². The minimum Gasteiger partial charge on any atom is -0.497 e. The number of rotatable bonds is 1. The lowest BCUT2D eigenvalue weighted by Gasteiger charge is -2.19. The minimum atomic E-state index is 0.875. The van der Waals surface area contributed by atoms with E-state index >= 15 is 0 Å². The minimum absolute atomic E-state index is 0.875. The Balaban J connectivity index is 2.00. The molecule has 3 aromatic rings. The van der Waals surface area contributed by atoms with Crippen molar-refractivity contribution in [3.8, 4) is 17.0 Å². The summed E-state index contributed by atoms with van der Waals surface area (Å²) >= 11 is 1.87. The van der Waals surface area contributed by atoms with Gasteiger partial charge < -0.3 is 4.74 Å². The van der Waals surface area contributed by atoms with Crippen molar-refractivity contribution in [1.82, 2.24) is 4.98 Å². The maximum atomic E-state index is 5.29. The van der Waals surface area contributed by atoms with Crippen molar-refractivity contribution in [2.24, 2.45) is 0 Å². The second kappa shape index (κ2) is 4.53. The van der Waals surface area contributed by atoms with E-state index in [9.17, 15) is 0 Å². The monoisotopic (exact) mass is 279 g/mol. The van der Waals surface area contributed by atoms with Gasteiger partial charge in [-0.15, -0.1) is 11.8 Å². The predicted octanol–water partition coefficient (Wildman–Crippen LogP) is 4.52.